The summed E-state index contributed by atoms with van der Waals surface area (Å²) < 4.78 is 5.25. The van der Waals surface area contributed by atoms with Gasteiger partial charge in [-0.1, -0.05) is 11.6 Å². The van der Waals surface area contributed by atoms with E-state index in [0.717, 1.165) is 0 Å². The predicted octanol–water partition coefficient (Wildman–Crippen LogP) is 1.79. The number of hydrogen-bond donors (Lipinski definition) is 7. The smallest absolute Gasteiger partial charge is 0.308 e. The highest BCUT2D eigenvalue weighted by Crippen LogP contribution is 2.36. The number of β-amino-alcohol motifs (C(OH)–C–C–N with tert-alkyl or cyclic N) is 1. The fourth-order valence-corrected chi connectivity index (χ4v) is 4.39. The van der Waals surface area contributed by atoms with E-state index in [9.17, 15) is 29.7 Å². The minimum atomic E-state index is -0.993. The summed E-state index contributed by atoms with van der Waals surface area (Å²) >= 11 is 9.27. The van der Waals surface area contributed by atoms with E-state index in [-0.39, 0.29) is 51.7 Å². The Labute approximate surface area is 231 Å². The maximum Gasteiger partial charge on any atom is 0.308 e. The number of halogens is 2. The summed E-state index contributed by atoms with van der Waals surface area (Å²) in [4.78, 5) is 41.7. The zero-order valence-corrected chi connectivity index (χ0v) is 22.6. The molecule has 2 aromatic carbocycles. The highest BCUT2D eigenvalue weighted by Gasteiger charge is 2.24. The maximum atomic E-state index is 12.7. The van der Waals surface area contributed by atoms with E-state index in [1.54, 1.807) is 6.92 Å². The lowest BCUT2D eigenvalue weighted by molar-refractivity contribution is -0.143. The lowest BCUT2D eigenvalue weighted by Crippen LogP contribution is -2.42. The van der Waals surface area contributed by atoms with Crippen LogP contribution < -0.4 is 21.3 Å². The normalized spacial score (nSPS) is 15.5. The molecule has 3 rings (SSSR count). The van der Waals surface area contributed by atoms with E-state index >= 15 is 0 Å². The SMILES string of the molecule is CCOC(=O)C[C@H](NC(=O)CNC(=O)c1cc(O)cc(NC2=NCC(O)CN2)c1)c1cc(Cl)cc(Br)c1O. The van der Waals surface area contributed by atoms with Crippen LogP contribution in [0.4, 0.5) is 5.69 Å². The van der Waals surface area contributed by atoms with Crippen molar-refractivity contribution in [3.63, 3.8) is 0 Å². The largest absolute Gasteiger partial charge is 0.508 e. The van der Waals surface area contributed by atoms with Crippen molar-refractivity contribution in [3.8, 4) is 11.5 Å². The van der Waals surface area contributed by atoms with Crippen molar-refractivity contribution in [3.05, 3.63) is 51.0 Å². The molecule has 0 spiro atoms. The van der Waals surface area contributed by atoms with Gasteiger partial charge in [-0.2, -0.15) is 0 Å². The molecule has 0 saturated heterocycles. The number of aliphatic imine (C=N–C) groups is 1. The molecule has 1 unspecified atom stereocenters. The standard InChI is InChI=1S/C24H27BrClN5O7/c1-2-38-21(35)8-19(17-5-13(26)6-18(25)22(17)36)31-20(34)11-27-23(37)12-3-14(7-15(32)4-12)30-24-28-9-16(33)10-29-24/h3-7,16,19,32-33,36H,2,8-11H2,1H3,(H,27,37)(H,31,34)(H2,28,29,30)/t19-/m0/s1. The molecule has 2 atom stereocenters. The van der Waals surface area contributed by atoms with Crippen molar-refractivity contribution in [2.24, 2.45) is 4.99 Å². The van der Waals surface area contributed by atoms with E-state index in [0.29, 0.717) is 18.2 Å². The van der Waals surface area contributed by atoms with Gasteiger partial charge in [0.05, 0.1) is 42.7 Å². The second kappa shape index (κ2) is 13.3. The van der Waals surface area contributed by atoms with Crippen LogP contribution in [-0.2, 0) is 14.3 Å². The first-order valence-corrected chi connectivity index (χ1v) is 12.7. The van der Waals surface area contributed by atoms with Gasteiger partial charge in [-0.15, -0.1) is 0 Å². The van der Waals surface area contributed by atoms with Crippen LogP contribution >= 0.6 is 27.5 Å². The zero-order valence-electron chi connectivity index (χ0n) is 20.3. The number of esters is 1. The number of aliphatic hydroxyl groups excluding tert-OH is 1. The molecule has 2 amide bonds. The number of rotatable bonds is 9. The second-order valence-corrected chi connectivity index (χ2v) is 9.55. The first-order valence-electron chi connectivity index (χ1n) is 11.5. The summed E-state index contributed by atoms with van der Waals surface area (Å²) in [6, 6.07) is 5.94. The van der Waals surface area contributed by atoms with E-state index in [1.807, 2.05) is 0 Å². The van der Waals surface area contributed by atoms with Crippen molar-refractivity contribution < 1.29 is 34.4 Å². The third-order valence-corrected chi connectivity index (χ3v) is 6.08. The molecule has 38 heavy (non-hydrogen) atoms. The molecular weight excluding hydrogens is 586 g/mol. The molecule has 12 nitrogen and oxygen atoms in total. The molecule has 0 aliphatic carbocycles. The number of carbonyl (C=O) groups excluding carboxylic acids is 3. The average molecular weight is 613 g/mol. The minimum absolute atomic E-state index is 0.0660. The van der Waals surface area contributed by atoms with Crippen LogP contribution in [0.15, 0.2) is 39.8 Å². The number of benzene rings is 2. The van der Waals surface area contributed by atoms with Crippen LogP contribution in [0.5, 0.6) is 11.5 Å². The number of phenols is 2. The Hall–Kier alpha value is -3.55. The fourth-order valence-electron chi connectivity index (χ4n) is 3.55. The summed E-state index contributed by atoms with van der Waals surface area (Å²) in [5, 5.41) is 41.2. The second-order valence-electron chi connectivity index (χ2n) is 8.25. The number of aromatic hydroxyl groups is 2. The average Bonchev–Trinajstić information content (AvgIpc) is 2.85. The van der Waals surface area contributed by atoms with Crippen LogP contribution in [0.25, 0.3) is 0 Å². The lowest BCUT2D eigenvalue weighted by atomic mass is 10.0. The molecule has 0 bridgehead atoms. The van der Waals surface area contributed by atoms with Crippen LogP contribution in [0.3, 0.4) is 0 Å². The number of nitrogens with zero attached hydrogens (tertiary/aromatic N) is 1. The Morgan fingerprint density at radius 2 is 2.00 bits per heavy atom. The van der Waals surface area contributed by atoms with Gasteiger partial charge in [0.25, 0.3) is 5.91 Å². The number of phenolic OH excluding ortho intramolecular Hbond substituents is 2. The van der Waals surface area contributed by atoms with Crippen LogP contribution in [0.2, 0.25) is 5.02 Å². The van der Waals surface area contributed by atoms with Gasteiger partial charge in [0.15, 0.2) is 5.96 Å². The fraction of sp³-hybridized carbons (Fsp3) is 0.333. The third-order valence-electron chi connectivity index (χ3n) is 5.26. The summed E-state index contributed by atoms with van der Waals surface area (Å²) in [5.41, 5.74) is 0.613. The lowest BCUT2D eigenvalue weighted by Gasteiger charge is -2.21. The monoisotopic (exact) mass is 611 g/mol. The summed E-state index contributed by atoms with van der Waals surface area (Å²) in [6.07, 6.45) is -0.886. The quantitative estimate of drug-likeness (QED) is 0.208. The predicted molar refractivity (Wildman–Crippen MR) is 143 cm³/mol. The molecule has 0 fully saturated rings. The van der Waals surface area contributed by atoms with Gasteiger partial charge in [0.1, 0.15) is 11.5 Å². The first kappa shape index (κ1) is 29.0. The third kappa shape index (κ3) is 8.23. The molecule has 1 aliphatic heterocycles. The van der Waals surface area contributed by atoms with Gasteiger partial charge < -0.3 is 41.3 Å². The molecule has 1 aliphatic rings. The Morgan fingerprint density at radius 1 is 1.24 bits per heavy atom. The number of amides is 2. The van der Waals surface area contributed by atoms with Gasteiger partial charge in [-0.25, -0.2) is 0 Å². The number of carbonyl (C=O) groups is 3. The highest BCUT2D eigenvalue weighted by molar-refractivity contribution is 9.10. The highest BCUT2D eigenvalue weighted by atomic mass is 79.9. The van der Waals surface area contributed by atoms with E-state index in [4.69, 9.17) is 16.3 Å². The molecule has 14 heteroatoms. The number of hydrogen-bond acceptors (Lipinski definition) is 10. The van der Waals surface area contributed by atoms with Crippen molar-refractivity contribution >= 4 is 57.0 Å². The molecule has 0 radical (unpaired) electrons. The number of anilines is 1. The van der Waals surface area contributed by atoms with Gasteiger partial charge in [-0.3, -0.25) is 19.4 Å². The molecular formula is C24H27BrClN5O7. The summed E-state index contributed by atoms with van der Waals surface area (Å²) in [6.45, 7) is 1.81. The van der Waals surface area contributed by atoms with Crippen molar-refractivity contribution in [2.45, 2.75) is 25.5 Å². The van der Waals surface area contributed by atoms with Gasteiger partial charge in [-0.05, 0) is 47.1 Å². The number of ether oxygens (including phenoxy) is 1. The maximum absolute atomic E-state index is 12.7. The molecule has 0 saturated carbocycles. The van der Waals surface area contributed by atoms with Crippen molar-refractivity contribution in [1.82, 2.24) is 16.0 Å². The molecule has 0 aromatic heterocycles. The van der Waals surface area contributed by atoms with Gasteiger partial charge in [0.2, 0.25) is 5.91 Å². The molecule has 7 N–H and O–H groups in total. The Kier molecular flexibility index (Phi) is 10.2. The van der Waals surface area contributed by atoms with E-state index < -0.39 is 36.5 Å². The Bertz CT molecular complexity index is 1240. The number of aliphatic hydroxyl groups is 1. The Morgan fingerprint density at radius 3 is 2.68 bits per heavy atom. The van der Waals surface area contributed by atoms with Crippen molar-refractivity contribution in [2.75, 3.05) is 31.6 Å². The van der Waals surface area contributed by atoms with E-state index in [2.05, 4.69) is 42.2 Å². The first-order chi connectivity index (χ1) is 18.0. The van der Waals surface area contributed by atoms with Crippen LogP contribution in [-0.4, -0.2) is 71.4 Å². The molecule has 1 heterocycles. The van der Waals surface area contributed by atoms with Crippen molar-refractivity contribution in [1.29, 1.82) is 0 Å². The number of nitrogens with one attached hydrogen (secondary N) is 4. The minimum Gasteiger partial charge on any atom is -0.508 e. The number of guanidine groups is 1. The van der Waals surface area contributed by atoms with Gasteiger partial charge >= 0.3 is 5.97 Å². The molecule has 2 aromatic rings. The molecule has 204 valence electrons. The van der Waals surface area contributed by atoms with Crippen LogP contribution in [0.1, 0.15) is 35.3 Å². The van der Waals surface area contributed by atoms with Gasteiger partial charge in [0, 0.05) is 34.4 Å². The zero-order chi connectivity index (χ0) is 27.8. The Balaban J connectivity index is 1.67. The topological polar surface area (TPSA) is 182 Å². The summed E-state index contributed by atoms with van der Waals surface area (Å²) in [7, 11) is 0. The van der Waals surface area contributed by atoms with Crippen LogP contribution in [0, 0.1) is 0 Å². The van der Waals surface area contributed by atoms with E-state index in [1.165, 1.54) is 30.3 Å². The summed E-state index contributed by atoms with van der Waals surface area (Å²) in [5.74, 6) is -1.94.